The van der Waals surface area contributed by atoms with Gasteiger partial charge in [-0.2, -0.15) is 5.10 Å². The van der Waals surface area contributed by atoms with E-state index in [1.807, 2.05) is 0 Å². The van der Waals surface area contributed by atoms with E-state index in [-0.39, 0.29) is 0 Å². The summed E-state index contributed by atoms with van der Waals surface area (Å²) in [6.45, 7) is 16.0. The van der Waals surface area contributed by atoms with Crippen molar-refractivity contribution in [2.75, 3.05) is 0 Å². The molecule has 2 heteroatoms. The third-order valence-electron chi connectivity index (χ3n) is 1.85. The Labute approximate surface area is 81.4 Å². The highest BCUT2D eigenvalue weighted by molar-refractivity contribution is 6.01. The summed E-state index contributed by atoms with van der Waals surface area (Å²) in [5.74, 6) is 0.829. The van der Waals surface area contributed by atoms with E-state index in [0.717, 1.165) is 11.3 Å². The monoisotopic (exact) mass is 180 g/mol. The van der Waals surface area contributed by atoms with Crippen molar-refractivity contribution in [1.29, 1.82) is 0 Å². The van der Waals surface area contributed by atoms with Crippen LogP contribution in [0.1, 0.15) is 27.7 Å². The van der Waals surface area contributed by atoms with Crippen molar-refractivity contribution >= 4 is 5.71 Å². The summed E-state index contributed by atoms with van der Waals surface area (Å²) < 4.78 is 0. The Hall–Kier alpha value is -1.05. The highest BCUT2D eigenvalue weighted by Crippen LogP contribution is 2.14. The second kappa shape index (κ2) is 5.57. The first-order valence-corrected chi connectivity index (χ1v) is 4.63. The smallest absolute Gasteiger partial charge is 0.0660 e. The number of hydrazone groups is 1. The molecule has 13 heavy (non-hydrogen) atoms. The van der Waals surface area contributed by atoms with E-state index in [2.05, 4.69) is 51.4 Å². The number of allylic oxidation sites excluding steroid dienone is 1. The molecule has 0 aromatic rings. The fraction of sp³-hybridized carbons (Fsp3) is 0.545. The second-order valence-corrected chi connectivity index (χ2v) is 3.66. The molecule has 0 saturated carbocycles. The van der Waals surface area contributed by atoms with Gasteiger partial charge in [-0.15, -0.1) is 0 Å². The van der Waals surface area contributed by atoms with E-state index in [1.165, 1.54) is 0 Å². The molecule has 2 nitrogen and oxygen atoms in total. The van der Waals surface area contributed by atoms with Crippen molar-refractivity contribution in [3.63, 3.8) is 0 Å². The van der Waals surface area contributed by atoms with Gasteiger partial charge in [0.05, 0.1) is 5.71 Å². The van der Waals surface area contributed by atoms with Crippen LogP contribution in [0.3, 0.4) is 0 Å². The number of hydrogen-bond acceptors (Lipinski definition) is 2. The third kappa shape index (κ3) is 3.92. The lowest BCUT2D eigenvalue weighted by atomic mass is 9.93. The molecular weight excluding hydrogens is 160 g/mol. The molecule has 0 radical (unpaired) electrons. The van der Waals surface area contributed by atoms with E-state index in [1.54, 1.807) is 6.20 Å². The molecule has 0 aliphatic rings. The topological polar surface area (TPSA) is 24.4 Å². The van der Waals surface area contributed by atoms with Gasteiger partial charge >= 0.3 is 0 Å². The van der Waals surface area contributed by atoms with E-state index < -0.39 is 0 Å². The summed E-state index contributed by atoms with van der Waals surface area (Å²) >= 11 is 0. The van der Waals surface area contributed by atoms with Crippen LogP contribution in [0, 0.1) is 11.8 Å². The average Bonchev–Trinajstić information content (AvgIpc) is 2.04. The lowest BCUT2D eigenvalue weighted by molar-refractivity contribution is 0.766. The van der Waals surface area contributed by atoms with Crippen LogP contribution >= 0.6 is 0 Å². The highest BCUT2D eigenvalue weighted by Gasteiger charge is 2.12. The Morgan fingerprint density at radius 2 is 1.77 bits per heavy atom. The van der Waals surface area contributed by atoms with Crippen LogP contribution in [0.15, 0.2) is 30.0 Å². The highest BCUT2D eigenvalue weighted by atomic mass is 15.3. The molecule has 0 amide bonds. The molecule has 0 unspecified atom stereocenters. The minimum Gasteiger partial charge on any atom is -0.286 e. The molecule has 0 saturated heterocycles. The average molecular weight is 180 g/mol. The van der Waals surface area contributed by atoms with E-state index in [9.17, 15) is 0 Å². The van der Waals surface area contributed by atoms with Crippen molar-refractivity contribution in [1.82, 2.24) is 5.43 Å². The number of hydrogen-bond donors (Lipinski definition) is 1. The van der Waals surface area contributed by atoms with Gasteiger partial charge in [-0.1, -0.05) is 40.9 Å². The van der Waals surface area contributed by atoms with Crippen LogP contribution in [-0.2, 0) is 0 Å². The molecule has 0 aromatic carbocycles. The van der Waals surface area contributed by atoms with Crippen LogP contribution in [0.2, 0.25) is 0 Å². The first-order chi connectivity index (χ1) is 6.00. The van der Waals surface area contributed by atoms with E-state index in [4.69, 9.17) is 0 Å². The summed E-state index contributed by atoms with van der Waals surface area (Å²) in [4.78, 5) is 0. The Bertz CT molecular complexity index is 212. The largest absolute Gasteiger partial charge is 0.286 e. The minimum absolute atomic E-state index is 0.391. The van der Waals surface area contributed by atoms with Gasteiger partial charge in [0.1, 0.15) is 0 Å². The summed E-state index contributed by atoms with van der Waals surface area (Å²) in [6.07, 6.45) is 1.57. The maximum absolute atomic E-state index is 4.21. The second-order valence-electron chi connectivity index (χ2n) is 3.66. The molecule has 0 aliphatic carbocycles. The van der Waals surface area contributed by atoms with Crippen molar-refractivity contribution in [3.05, 3.63) is 24.9 Å². The van der Waals surface area contributed by atoms with Crippen molar-refractivity contribution in [2.45, 2.75) is 27.7 Å². The lowest BCUT2D eigenvalue weighted by Gasteiger charge is -2.15. The molecule has 1 N–H and O–H groups in total. The van der Waals surface area contributed by atoms with Crippen LogP contribution in [0.4, 0.5) is 0 Å². The molecule has 0 atom stereocenters. The Morgan fingerprint density at radius 1 is 1.23 bits per heavy atom. The van der Waals surface area contributed by atoms with E-state index >= 15 is 0 Å². The SMILES string of the molecule is C=CN/N=C(\C(=C)C(C)C)C(C)C. The van der Waals surface area contributed by atoms with Gasteiger partial charge in [0.2, 0.25) is 0 Å². The summed E-state index contributed by atoms with van der Waals surface area (Å²) in [5, 5.41) is 4.21. The normalized spacial score (nSPS) is 12.0. The predicted molar refractivity (Wildman–Crippen MR) is 59.6 cm³/mol. The van der Waals surface area contributed by atoms with Crippen LogP contribution in [0.25, 0.3) is 0 Å². The van der Waals surface area contributed by atoms with Gasteiger partial charge in [-0.25, -0.2) is 0 Å². The number of nitrogens with one attached hydrogen (secondary N) is 1. The lowest BCUT2D eigenvalue weighted by Crippen LogP contribution is -2.17. The zero-order valence-corrected chi connectivity index (χ0v) is 9.09. The molecule has 0 heterocycles. The van der Waals surface area contributed by atoms with E-state index in [0.29, 0.717) is 11.8 Å². The van der Waals surface area contributed by atoms with Crippen LogP contribution in [-0.4, -0.2) is 5.71 Å². The maximum atomic E-state index is 4.21. The molecular formula is C11H20N2. The van der Waals surface area contributed by atoms with Gasteiger partial charge in [-0.05, 0) is 17.4 Å². The van der Waals surface area contributed by atoms with Crippen molar-refractivity contribution < 1.29 is 0 Å². The zero-order valence-electron chi connectivity index (χ0n) is 9.09. The molecule has 0 fully saturated rings. The molecule has 0 spiro atoms. The fourth-order valence-corrected chi connectivity index (χ4v) is 0.983. The molecule has 0 bridgehead atoms. The Morgan fingerprint density at radius 3 is 2.08 bits per heavy atom. The minimum atomic E-state index is 0.391. The summed E-state index contributed by atoms with van der Waals surface area (Å²) in [6, 6.07) is 0. The Kier molecular flexibility index (Phi) is 5.12. The number of nitrogens with zero attached hydrogens (tertiary/aromatic N) is 1. The van der Waals surface area contributed by atoms with Crippen molar-refractivity contribution in [3.8, 4) is 0 Å². The molecule has 0 aromatic heterocycles. The Balaban J connectivity index is 4.60. The zero-order chi connectivity index (χ0) is 10.4. The molecule has 74 valence electrons. The van der Waals surface area contributed by atoms with Gasteiger partial charge in [0.15, 0.2) is 0 Å². The quantitative estimate of drug-likeness (QED) is 0.510. The standard InChI is InChI=1S/C11H20N2/c1-7-12-13-11(9(4)5)10(6)8(2)3/h7-9,12H,1,6H2,2-5H3/b13-11-. The van der Waals surface area contributed by atoms with Crippen LogP contribution < -0.4 is 5.43 Å². The van der Waals surface area contributed by atoms with Gasteiger partial charge in [-0.3, -0.25) is 5.43 Å². The fourth-order valence-electron chi connectivity index (χ4n) is 0.983. The predicted octanol–water partition coefficient (Wildman–Crippen LogP) is 2.94. The molecule has 0 aliphatic heterocycles. The van der Waals surface area contributed by atoms with Gasteiger partial charge in [0.25, 0.3) is 0 Å². The van der Waals surface area contributed by atoms with Crippen LogP contribution in [0.5, 0.6) is 0 Å². The first-order valence-electron chi connectivity index (χ1n) is 4.63. The summed E-state index contributed by atoms with van der Waals surface area (Å²) in [7, 11) is 0. The number of rotatable bonds is 5. The first kappa shape index (κ1) is 11.9. The maximum Gasteiger partial charge on any atom is 0.0660 e. The summed E-state index contributed by atoms with van der Waals surface area (Å²) in [5.41, 5.74) is 4.87. The third-order valence-corrected chi connectivity index (χ3v) is 1.85. The van der Waals surface area contributed by atoms with Gasteiger partial charge < -0.3 is 0 Å². The molecule has 0 rings (SSSR count). The van der Waals surface area contributed by atoms with Gasteiger partial charge in [0, 0.05) is 6.20 Å². The van der Waals surface area contributed by atoms with Crippen molar-refractivity contribution in [2.24, 2.45) is 16.9 Å².